The Morgan fingerprint density at radius 1 is 1.24 bits per heavy atom. The van der Waals surface area contributed by atoms with Gasteiger partial charge in [0, 0.05) is 38.1 Å². The molecule has 8 heteroatoms. The molecule has 0 saturated carbocycles. The number of morpholine rings is 1. The van der Waals surface area contributed by atoms with E-state index in [4.69, 9.17) is 14.5 Å². The zero-order chi connectivity index (χ0) is 26.9. The van der Waals surface area contributed by atoms with Crippen LogP contribution in [0.4, 0.5) is 10.5 Å². The second-order valence-electron chi connectivity index (χ2n) is 11.9. The molecule has 1 aromatic carbocycles. The lowest BCUT2D eigenvalue weighted by Crippen LogP contribution is -2.52. The van der Waals surface area contributed by atoms with Crippen molar-refractivity contribution in [1.82, 2.24) is 14.8 Å². The molecule has 1 amide bonds. The molecule has 1 aromatic heterocycles. The van der Waals surface area contributed by atoms with Crippen molar-refractivity contribution in [3.8, 4) is 0 Å². The molecule has 38 heavy (non-hydrogen) atoms. The number of carbonyl (C=O) groups excluding carboxylic acids is 1. The van der Waals surface area contributed by atoms with Gasteiger partial charge in [-0.3, -0.25) is 14.8 Å². The number of rotatable bonds is 5. The molecule has 1 aliphatic carbocycles. The van der Waals surface area contributed by atoms with E-state index < -0.39 is 5.60 Å². The van der Waals surface area contributed by atoms with E-state index in [0.717, 1.165) is 44.3 Å². The number of amides is 1. The molecule has 0 spiro atoms. The topological polar surface area (TPSA) is 78.4 Å². The number of nitrogens with zero attached hydrogens (tertiary/aromatic N) is 4. The van der Waals surface area contributed by atoms with E-state index >= 15 is 0 Å². The highest BCUT2D eigenvalue weighted by molar-refractivity contribution is 5.70. The highest BCUT2D eigenvalue weighted by Crippen LogP contribution is 2.36. The first-order valence-corrected chi connectivity index (χ1v) is 14.0. The number of anilines is 1. The van der Waals surface area contributed by atoms with Gasteiger partial charge in [-0.2, -0.15) is 0 Å². The predicted molar refractivity (Wildman–Crippen MR) is 147 cm³/mol. The smallest absolute Gasteiger partial charge is 0.410 e. The van der Waals surface area contributed by atoms with Crippen molar-refractivity contribution in [3.05, 3.63) is 58.9 Å². The number of likely N-dealkylation sites (N-methyl/N-ethyl adjacent to an activating group) is 1. The molecule has 0 radical (unpaired) electrons. The largest absolute Gasteiger partial charge is 0.444 e. The molecule has 3 heterocycles. The van der Waals surface area contributed by atoms with Gasteiger partial charge in [0.1, 0.15) is 5.60 Å². The minimum absolute atomic E-state index is 0.0161. The maximum Gasteiger partial charge on any atom is 0.410 e. The van der Waals surface area contributed by atoms with Gasteiger partial charge in [-0.15, -0.1) is 0 Å². The Labute approximate surface area is 226 Å². The van der Waals surface area contributed by atoms with Gasteiger partial charge in [0.25, 0.3) is 0 Å². The molecule has 3 aliphatic rings. The lowest BCUT2D eigenvalue weighted by Gasteiger charge is -2.43. The molecule has 1 saturated heterocycles. The number of hydrogen-bond donors (Lipinski definition) is 1. The number of aryl methyl sites for hydroxylation is 1. The third kappa shape index (κ3) is 5.82. The van der Waals surface area contributed by atoms with Crippen LogP contribution in [-0.2, 0) is 28.9 Å². The fourth-order valence-electron chi connectivity index (χ4n) is 6.18. The van der Waals surface area contributed by atoms with E-state index in [0.29, 0.717) is 19.7 Å². The number of hydrogen-bond acceptors (Lipinski definition) is 7. The number of aromatic nitrogens is 1. The Kier molecular flexibility index (Phi) is 7.93. The van der Waals surface area contributed by atoms with Crippen molar-refractivity contribution in [1.29, 1.82) is 0 Å². The molecule has 1 fully saturated rings. The van der Waals surface area contributed by atoms with Gasteiger partial charge in [0.2, 0.25) is 0 Å². The monoisotopic (exact) mass is 522 g/mol. The molecule has 2 aromatic rings. The van der Waals surface area contributed by atoms with E-state index in [1.807, 2.05) is 37.9 Å². The van der Waals surface area contributed by atoms with E-state index in [-0.39, 0.29) is 30.9 Å². The first kappa shape index (κ1) is 26.9. The molecule has 2 aliphatic heterocycles. The molecular weight excluding hydrogens is 480 g/mol. The van der Waals surface area contributed by atoms with Crippen LogP contribution in [0.15, 0.2) is 36.5 Å². The lowest BCUT2D eigenvalue weighted by molar-refractivity contribution is 0.00306. The van der Waals surface area contributed by atoms with E-state index in [1.165, 1.54) is 22.5 Å². The minimum atomic E-state index is -0.561. The fourth-order valence-corrected chi connectivity index (χ4v) is 6.18. The highest BCUT2D eigenvalue weighted by Gasteiger charge is 2.37. The van der Waals surface area contributed by atoms with Crippen molar-refractivity contribution in [3.63, 3.8) is 0 Å². The summed E-state index contributed by atoms with van der Waals surface area (Å²) in [5.41, 5.74) is 5.57. The zero-order valence-corrected chi connectivity index (χ0v) is 23.2. The summed E-state index contributed by atoms with van der Waals surface area (Å²) in [6.07, 6.45) is 5.48. The van der Waals surface area contributed by atoms with Crippen molar-refractivity contribution in [2.75, 3.05) is 44.8 Å². The van der Waals surface area contributed by atoms with Gasteiger partial charge in [-0.1, -0.05) is 18.2 Å². The van der Waals surface area contributed by atoms with Crippen LogP contribution in [0, 0.1) is 0 Å². The number of ether oxygens (including phenoxy) is 2. The van der Waals surface area contributed by atoms with E-state index in [9.17, 15) is 9.90 Å². The third-order valence-electron chi connectivity index (χ3n) is 7.98. The van der Waals surface area contributed by atoms with Gasteiger partial charge in [-0.05, 0) is 82.3 Å². The molecule has 206 valence electrons. The second kappa shape index (κ2) is 11.2. The Hall–Kier alpha value is -2.68. The Balaban J connectivity index is 1.43. The Morgan fingerprint density at radius 3 is 2.84 bits per heavy atom. The van der Waals surface area contributed by atoms with Gasteiger partial charge < -0.3 is 19.5 Å². The Bertz CT molecular complexity index is 1130. The van der Waals surface area contributed by atoms with Crippen LogP contribution in [0.3, 0.4) is 0 Å². The van der Waals surface area contributed by atoms with Crippen LogP contribution in [0.5, 0.6) is 0 Å². The average Bonchev–Trinajstić information content (AvgIpc) is 2.91. The molecular formula is C30H42N4O4. The van der Waals surface area contributed by atoms with Crippen molar-refractivity contribution in [2.45, 2.75) is 76.8 Å². The lowest BCUT2D eigenvalue weighted by atomic mass is 9.89. The summed E-state index contributed by atoms with van der Waals surface area (Å²) >= 11 is 0. The SMILES string of the molecule is CN(C[C@H]1Cc2c(cccc2N2CCO[C@@H](CO)C2)CN1C(=O)OC(C)(C)C)[C@H]1CCCc2cccnc21. The number of aliphatic hydroxyl groups excluding tert-OH is 1. The van der Waals surface area contributed by atoms with Gasteiger partial charge >= 0.3 is 6.09 Å². The number of pyridine rings is 1. The first-order chi connectivity index (χ1) is 18.2. The number of benzene rings is 1. The van der Waals surface area contributed by atoms with Crippen LogP contribution in [0.2, 0.25) is 0 Å². The highest BCUT2D eigenvalue weighted by atomic mass is 16.6. The van der Waals surface area contributed by atoms with Crippen LogP contribution in [0.25, 0.3) is 0 Å². The van der Waals surface area contributed by atoms with Crippen LogP contribution < -0.4 is 4.90 Å². The summed E-state index contributed by atoms with van der Waals surface area (Å²) in [5.74, 6) is 0. The van der Waals surface area contributed by atoms with Crippen molar-refractivity contribution < 1.29 is 19.4 Å². The van der Waals surface area contributed by atoms with Crippen LogP contribution in [-0.4, -0.2) is 83.6 Å². The summed E-state index contributed by atoms with van der Waals surface area (Å²) in [5, 5.41) is 9.70. The summed E-state index contributed by atoms with van der Waals surface area (Å²) in [6, 6.07) is 10.8. The Morgan fingerprint density at radius 2 is 2.05 bits per heavy atom. The number of aliphatic hydroxyl groups is 1. The average molecular weight is 523 g/mol. The predicted octanol–water partition coefficient (Wildman–Crippen LogP) is 3.95. The van der Waals surface area contributed by atoms with Crippen molar-refractivity contribution >= 4 is 11.8 Å². The van der Waals surface area contributed by atoms with Crippen LogP contribution in [0.1, 0.15) is 62.0 Å². The minimum Gasteiger partial charge on any atom is -0.444 e. The summed E-state index contributed by atoms with van der Waals surface area (Å²) < 4.78 is 11.6. The molecule has 8 nitrogen and oxygen atoms in total. The molecule has 5 rings (SSSR count). The summed E-state index contributed by atoms with van der Waals surface area (Å²) in [7, 11) is 2.16. The normalized spacial score (nSPS) is 23.7. The molecule has 1 N–H and O–H groups in total. The summed E-state index contributed by atoms with van der Waals surface area (Å²) in [4.78, 5) is 24.9. The first-order valence-electron chi connectivity index (χ1n) is 14.0. The second-order valence-corrected chi connectivity index (χ2v) is 11.9. The van der Waals surface area contributed by atoms with Gasteiger partial charge in [0.15, 0.2) is 0 Å². The maximum absolute atomic E-state index is 13.5. The fraction of sp³-hybridized carbons (Fsp3) is 0.600. The standard InChI is InChI=1S/C30H42N4O4/c1-30(2,3)38-29(36)34-17-22-9-6-11-26(33-14-15-37-24(19-33)20-35)25(22)16-23(34)18-32(4)27-12-5-8-21-10-7-13-31-28(21)27/h6-7,9-11,13,23-24,27,35H,5,8,12,14-20H2,1-4H3/t23-,24-,27+/m1/s1. The molecule has 3 atom stereocenters. The van der Waals surface area contributed by atoms with Crippen molar-refractivity contribution in [2.24, 2.45) is 0 Å². The maximum atomic E-state index is 13.5. The van der Waals surface area contributed by atoms with Gasteiger partial charge in [0.05, 0.1) is 37.1 Å². The zero-order valence-electron chi connectivity index (χ0n) is 23.2. The molecule has 0 bridgehead atoms. The van der Waals surface area contributed by atoms with E-state index in [2.05, 4.69) is 41.1 Å². The number of carbonyl (C=O) groups is 1. The third-order valence-corrected chi connectivity index (χ3v) is 7.98. The van der Waals surface area contributed by atoms with Crippen LogP contribution >= 0.6 is 0 Å². The van der Waals surface area contributed by atoms with E-state index in [1.54, 1.807) is 0 Å². The quantitative estimate of drug-likeness (QED) is 0.637. The number of fused-ring (bicyclic) bond motifs is 2. The van der Waals surface area contributed by atoms with Gasteiger partial charge in [-0.25, -0.2) is 4.79 Å². The summed E-state index contributed by atoms with van der Waals surface area (Å²) in [6.45, 7) is 9.07. The molecule has 0 unspecified atom stereocenters.